The average molecular weight is 267 g/mol. The quantitative estimate of drug-likeness (QED) is 0.907. The van der Waals surface area contributed by atoms with Crippen LogP contribution in [0.2, 0.25) is 0 Å². The predicted octanol–water partition coefficient (Wildman–Crippen LogP) is 2.29. The van der Waals surface area contributed by atoms with Crippen molar-refractivity contribution in [1.29, 1.82) is 0 Å². The number of methoxy groups -OCH3 is 1. The third kappa shape index (κ3) is 2.61. The van der Waals surface area contributed by atoms with E-state index in [2.05, 4.69) is 4.98 Å². The fraction of sp³-hybridized carbons (Fsp3) is 0.538. The van der Waals surface area contributed by atoms with Crippen LogP contribution in [0, 0.1) is 6.92 Å². The molecular formula is C13H17NO3S. The molecule has 2 rings (SSSR count). The smallest absolute Gasteiger partial charge is 0.320 e. The van der Waals surface area contributed by atoms with Crippen LogP contribution in [0.5, 0.6) is 5.75 Å². The van der Waals surface area contributed by atoms with Crippen molar-refractivity contribution in [2.75, 3.05) is 12.9 Å². The second-order valence-corrected chi connectivity index (χ2v) is 6.05. The highest BCUT2D eigenvalue weighted by molar-refractivity contribution is 8.01. The van der Waals surface area contributed by atoms with Gasteiger partial charge in [-0.25, -0.2) is 0 Å². The Labute approximate surface area is 111 Å². The first-order chi connectivity index (χ1) is 8.55. The van der Waals surface area contributed by atoms with Gasteiger partial charge in [-0.05, 0) is 25.5 Å². The minimum atomic E-state index is -0.729. The van der Waals surface area contributed by atoms with Gasteiger partial charge < -0.3 is 9.84 Å². The van der Waals surface area contributed by atoms with Crippen molar-refractivity contribution >= 4 is 17.7 Å². The van der Waals surface area contributed by atoms with Crippen LogP contribution in [0.15, 0.2) is 12.1 Å². The van der Waals surface area contributed by atoms with E-state index in [1.54, 1.807) is 7.11 Å². The Morgan fingerprint density at radius 1 is 1.61 bits per heavy atom. The number of nitrogens with zero attached hydrogens (tertiary/aromatic N) is 1. The van der Waals surface area contributed by atoms with Gasteiger partial charge >= 0.3 is 5.97 Å². The molecule has 1 saturated heterocycles. The maximum absolute atomic E-state index is 11.5. The van der Waals surface area contributed by atoms with E-state index < -0.39 is 10.7 Å². The van der Waals surface area contributed by atoms with Crippen molar-refractivity contribution in [1.82, 2.24) is 4.98 Å². The van der Waals surface area contributed by atoms with Crippen LogP contribution < -0.4 is 4.74 Å². The van der Waals surface area contributed by atoms with Crippen LogP contribution in [0.3, 0.4) is 0 Å². The lowest BCUT2D eigenvalue weighted by atomic mass is 9.97. The Kier molecular flexibility index (Phi) is 3.80. The summed E-state index contributed by atoms with van der Waals surface area (Å²) in [6, 6.07) is 3.68. The summed E-state index contributed by atoms with van der Waals surface area (Å²) in [4.78, 5) is 15.9. The fourth-order valence-corrected chi connectivity index (χ4v) is 3.63. The number of carboxylic acid groups (broad SMARTS) is 1. The maximum atomic E-state index is 11.5. The molecule has 1 aromatic rings. The van der Waals surface area contributed by atoms with Gasteiger partial charge in [-0.2, -0.15) is 0 Å². The van der Waals surface area contributed by atoms with Crippen molar-refractivity contribution < 1.29 is 14.6 Å². The molecule has 1 N–H and O–H groups in total. The Morgan fingerprint density at radius 2 is 2.39 bits per heavy atom. The second kappa shape index (κ2) is 5.18. The van der Waals surface area contributed by atoms with Crippen molar-refractivity contribution in [2.24, 2.45) is 0 Å². The molecule has 1 aliphatic rings. The number of ether oxygens (including phenoxy) is 1. The molecule has 1 fully saturated rings. The van der Waals surface area contributed by atoms with Crippen molar-refractivity contribution in [3.05, 3.63) is 23.5 Å². The molecule has 0 radical (unpaired) electrons. The van der Waals surface area contributed by atoms with Crippen LogP contribution in [-0.2, 0) is 11.2 Å². The first kappa shape index (κ1) is 13.2. The Hall–Kier alpha value is -1.23. The number of hydrogen-bond donors (Lipinski definition) is 1. The Morgan fingerprint density at radius 3 is 2.94 bits per heavy atom. The molecule has 0 saturated carbocycles. The van der Waals surface area contributed by atoms with Gasteiger partial charge in [0.05, 0.1) is 7.11 Å². The summed E-state index contributed by atoms with van der Waals surface area (Å²) in [6.07, 6.45) is 2.13. The highest BCUT2D eigenvalue weighted by atomic mass is 32.2. The number of thioether (sulfide) groups is 1. The lowest BCUT2D eigenvalue weighted by Gasteiger charge is -2.22. The number of aliphatic carboxylic acids is 1. The van der Waals surface area contributed by atoms with E-state index in [4.69, 9.17) is 4.74 Å². The van der Waals surface area contributed by atoms with Crippen molar-refractivity contribution in [2.45, 2.75) is 30.9 Å². The number of pyridine rings is 1. The van der Waals surface area contributed by atoms with Gasteiger partial charge in [0.15, 0.2) is 0 Å². The SMILES string of the molecule is COc1cc(C)nc(CC2(C(=O)O)CCCS2)c1. The van der Waals surface area contributed by atoms with Crippen LogP contribution in [0.4, 0.5) is 0 Å². The fourth-order valence-electron chi connectivity index (χ4n) is 2.28. The minimum Gasteiger partial charge on any atom is -0.497 e. The molecule has 2 heterocycles. The summed E-state index contributed by atoms with van der Waals surface area (Å²) in [6.45, 7) is 1.89. The summed E-state index contributed by atoms with van der Waals surface area (Å²) in [5, 5.41) is 9.44. The standard InChI is InChI=1S/C13H17NO3S/c1-9-6-11(17-2)7-10(14-9)8-13(12(15)16)4-3-5-18-13/h6-7H,3-5,8H2,1-2H3,(H,15,16). The summed E-state index contributed by atoms with van der Waals surface area (Å²) < 4.78 is 4.50. The highest BCUT2D eigenvalue weighted by Crippen LogP contribution is 2.41. The summed E-state index contributed by atoms with van der Waals surface area (Å²) >= 11 is 1.53. The van der Waals surface area contributed by atoms with Gasteiger partial charge in [-0.3, -0.25) is 9.78 Å². The first-order valence-corrected chi connectivity index (χ1v) is 6.93. The van der Waals surface area contributed by atoms with Crippen LogP contribution in [0.1, 0.15) is 24.2 Å². The number of carbonyl (C=O) groups is 1. The van der Waals surface area contributed by atoms with Gasteiger partial charge in [-0.15, -0.1) is 11.8 Å². The van der Waals surface area contributed by atoms with E-state index in [-0.39, 0.29) is 0 Å². The summed E-state index contributed by atoms with van der Waals surface area (Å²) in [5.74, 6) is 0.920. The monoisotopic (exact) mass is 267 g/mol. The number of aromatic nitrogens is 1. The number of aryl methyl sites for hydroxylation is 1. The zero-order valence-electron chi connectivity index (χ0n) is 10.6. The molecule has 0 aliphatic carbocycles. The van der Waals surface area contributed by atoms with E-state index in [0.29, 0.717) is 12.8 Å². The lowest BCUT2D eigenvalue weighted by molar-refractivity contribution is -0.139. The Bertz CT molecular complexity index is 456. The lowest BCUT2D eigenvalue weighted by Crippen LogP contribution is -2.35. The predicted molar refractivity (Wildman–Crippen MR) is 71.3 cm³/mol. The zero-order chi connectivity index (χ0) is 13.2. The number of hydrogen-bond acceptors (Lipinski definition) is 4. The van der Waals surface area contributed by atoms with E-state index in [1.807, 2.05) is 19.1 Å². The van der Waals surface area contributed by atoms with Gasteiger partial charge in [0.25, 0.3) is 0 Å². The van der Waals surface area contributed by atoms with Crippen molar-refractivity contribution in [3.8, 4) is 5.75 Å². The Balaban J connectivity index is 2.26. The van der Waals surface area contributed by atoms with E-state index in [1.165, 1.54) is 11.8 Å². The number of carboxylic acids is 1. The molecule has 1 unspecified atom stereocenters. The van der Waals surface area contributed by atoms with Crippen LogP contribution in [-0.4, -0.2) is 33.7 Å². The highest BCUT2D eigenvalue weighted by Gasteiger charge is 2.42. The summed E-state index contributed by atoms with van der Waals surface area (Å²) in [7, 11) is 1.61. The molecular weight excluding hydrogens is 250 g/mol. The van der Waals surface area contributed by atoms with Gasteiger partial charge in [-0.1, -0.05) is 0 Å². The topological polar surface area (TPSA) is 59.4 Å². The van der Waals surface area contributed by atoms with Gasteiger partial charge in [0.2, 0.25) is 0 Å². The largest absolute Gasteiger partial charge is 0.497 e. The first-order valence-electron chi connectivity index (χ1n) is 5.95. The molecule has 0 bridgehead atoms. The zero-order valence-corrected chi connectivity index (χ0v) is 11.4. The summed E-state index contributed by atoms with van der Waals surface area (Å²) in [5.41, 5.74) is 1.65. The molecule has 0 spiro atoms. The molecule has 18 heavy (non-hydrogen) atoms. The third-order valence-corrected chi connectivity index (χ3v) is 4.74. The normalized spacial score (nSPS) is 23.0. The van der Waals surface area contributed by atoms with E-state index in [0.717, 1.165) is 29.3 Å². The molecule has 98 valence electrons. The molecule has 4 nitrogen and oxygen atoms in total. The van der Waals surface area contributed by atoms with Gasteiger partial charge in [0, 0.05) is 29.9 Å². The van der Waals surface area contributed by atoms with Crippen molar-refractivity contribution in [3.63, 3.8) is 0 Å². The third-order valence-electron chi connectivity index (χ3n) is 3.18. The van der Waals surface area contributed by atoms with E-state index in [9.17, 15) is 9.90 Å². The molecule has 1 aliphatic heterocycles. The molecule has 1 aromatic heterocycles. The minimum absolute atomic E-state index is 0.463. The number of rotatable bonds is 4. The molecule has 0 amide bonds. The van der Waals surface area contributed by atoms with Crippen LogP contribution >= 0.6 is 11.8 Å². The van der Waals surface area contributed by atoms with Crippen LogP contribution in [0.25, 0.3) is 0 Å². The maximum Gasteiger partial charge on any atom is 0.320 e. The molecule has 1 atom stereocenters. The average Bonchev–Trinajstić information content (AvgIpc) is 2.78. The molecule has 5 heteroatoms. The van der Waals surface area contributed by atoms with E-state index >= 15 is 0 Å². The second-order valence-electron chi connectivity index (χ2n) is 4.57. The molecule has 0 aromatic carbocycles. The van der Waals surface area contributed by atoms with Gasteiger partial charge in [0.1, 0.15) is 10.5 Å².